The van der Waals surface area contributed by atoms with E-state index in [1.54, 1.807) is 0 Å². The van der Waals surface area contributed by atoms with Gasteiger partial charge in [-0.1, -0.05) is 0 Å². The zero-order valence-electron chi connectivity index (χ0n) is 8.56. The molecule has 2 N–H and O–H groups in total. The summed E-state index contributed by atoms with van der Waals surface area (Å²) in [5.41, 5.74) is 4.65. The van der Waals surface area contributed by atoms with E-state index in [9.17, 15) is 4.39 Å². The van der Waals surface area contributed by atoms with Crippen molar-refractivity contribution < 1.29 is 8.50 Å². The minimum atomic E-state index is -2.42. The summed E-state index contributed by atoms with van der Waals surface area (Å²) in [5.74, 6) is -0.800. The summed E-state index contributed by atoms with van der Waals surface area (Å²) in [6.07, 6.45) is 0. The second-order valence-electron chi connectivity index (χ2n) is 2.00. The van der Waals surface area contributed by atoms with Gasteiger partial charge >= 0.3 is 0 Å². The first-order chi connectivity index (χ1) is 6.36. The maximum Gasteiger partial charge on any atom is 0.222 e. The molecule has 1 aromatic rings. The molecule has 0 atom stereocenters. The number of nitrogens with two attached hydrogens (primary N) is 1. The second-order valence-corrected chi connectivity index (χ2v) is 2.00. The molecule has 11 heavy (non-hydrogen) atoms. The van der Waals surface area contributed by atoms with Gasteiger partial charge in [-0.25, -0.2) is 9.24 Å². The van der Waals surface area contributed by atoms with Crippen LogP contribution in [0.2, 0.25) is 0 Å². The highest BCUT2D eigenvalue weighted by atomic mass is 19.1. The van der Waals surface area contributed by atoms with Gasteiger partial charge in [0.1, 0.15) is 5.82 Å². The Kier molecular flexibility index (Phi) is 1.02. The Bertz CT molecular complexity index is 406. The van der Waals surface area contributed by atoms with Crippen molar-refractivity contribution >= 4 is 11.4 Å². The van der Waals surface area contributed by atoms with Gasteiger partial charge in [0.15, 0.2) is 0 Å². The van der Waals surface area contributed by atoms with Crippen LogP contribution in [-0.4, -0.2) is 0 Å². The van der Waals surface area contributed by atoms with Crippen LogP contribution < -0.4 is 5.73 Å². The van der Waals surface area contributed by atoms with Crippen molar-refractivity contribution in [2.75, 3.05) is 5.73 Å². The summed E-state index contributed by atoms with van der Waals surface area (Å²) >= 11 is 0. The standard InChI is InChI=1S/C8H7FN2/c1-5-3-8(11-2)6(9)4-7(5)10/h3-4H,10H2,1H3/i1D3. The monoisotopic (exact) mass is 153 g/mol. The zero-order chi connectivity index (χ0) is 10.9. The Labute approximate surface area is 68.5 Å². The molecule has 2 nitrogen and oxygen atoms in total. The number of hydrogen-bond donors (Lipinski definition) is 1. The lowest BCUT2D eigenvalue weighted by atomic mass is 10.2. The van der Waals surface area contributed by atoms with Gasteiger partial charge in [0.25, 0.3) is 0 Å². The SMILES string of the molecule is [2H]C([2H])([2H])c1cc([N+]#[C-])c(F)cc1N. The van der Waals surface area contributed by atoms with Crippen molar-refractivity contribution in [2.24, 2.45) is 0 Å². The van der Waals surface area contributed by atoms with Crippen LogP contribution in [-0.2, 0) is 0 Å². The van der Waals surface area contributed by atoms with Crippen molar-refractivity contribution in [3.8, 4) is 0 Å². The second kappa shape index (κ2) is 2.59. The third kappa shape index (κ3) is 1.30. The summed E-state index contributed by atoms with van der Waals surface area (Å²) in [6, 6.07) is 1.82. The first-order valence-electron chi connectivity index (χ1n) is 4.33. The van der Waals surface area contributed by atoms with Gasteiger partial charge in [0.05, 0.1) is 6.57 Å². The van der Waals surface area contributed by atoms with Crippen LogP contribution >= 0.6 is 0 Å². The van der Waals surface area contributed by atoms with Crippen LogP contribution in [0.3, 0.4) is 0 Å². The number of anilines is 1. The predicted octanol–water partition coefficient (Wildman–Crippen LogP) is 2.27. The lowest BCUT2D eigenvalue weighted by Crippen LogP contribution is -1.90. The molecule has 0 aliphatic carbocycles. The lowest BCUT2D eigenvalue weighted by molar-refractivity contribution is 0.634. The van der Waals surface area contributed by atoms with E-state index in [1.807, 2.05) is 0 Å². The predicted molar refractivity (Wildman–Crippen MR) is 41.8 cm³/mol. The molecule has 0 aromatic heterocycles. The summed E-state index contributed by atoms with van der Waals surface area (Å²) < 4.78 is 34.2. The van der Waals surface area contributed by atoms with Crippen LogP contribution in [0, 0.1) is 19.2 Å². The normalized spacial score (nSPS) is 14.4. The molecule has 0 bridgehead atoms. The van der Waals surface area contributed by atoms with E-state index >= 15 is 0 Å². The highest BCUT2D eigenvalue weighted by Crippen LogP contribution is 2.23. The highest BCUT2D eigenvalue weighted by molar-refractivity contribution is 5.58. The molecule has 0 amide bonds. The molecule has 0 fully saturated rings. The molecule has 0 spiro atoms. The molecule has 56 valence electrons. The van der Waals surface area contributed by atoms with Crippen molar-refractivity contribution in [3.05, 3.63) is 34.9 Å². The quantitative estimate of drug-likeness (QED) is 0.449. The molecule has 3 heteroatoms. The van der Waals surface area contributed by atoms with E-state index < -0.39 is 12.7 Å². The number of aryl methyl sites for hydroxylation is 1. The zero-order valence-corrected chi connectivity index (χ0v) is 5.56. The van der Waals surface area contributed by atoms with Gasteiger partial charge in [-0.3, -0.25) is 0 Å². The van der Waals surface area contributed by atoms with E-state index in [0.29, 0.717) is 0 Å². The third-order valence-electron chi connectivity index (χ3n) is 1.24. The Morgan fingerprint density at radius 3 is 3.00 bits per heavy atom. The minimum Gasteiger partial charge on any atom is -0.399 e. The third-order valence-corrected chi connectivity index (χ3v) is 1.24. The number of nitrogens with zero attached hydrogens (tertiary/aromatic N) is 1. The van der Waals surface area contributed by atoms with Crippen LogP contribution in [0.5, 0.6) is 0 Å². The molecule has 0 saturated heterocycles. The van der Waals surface area contributed by atoms with E-state index in [1.165, 1.54) is 0 Å². The number of nitrogen functional groups attached to an aromatic ring is 1. The van der Waals surface area contributed by atoms with Gasteiger partial charge in [-0.05, 0) is 24.5 Å². The largest absolute Gasteiger partial charge is 0.399 e. The van der Waals surface area contributed by atoms with Crippen LogP contribution in [0.4, 0.5) is 15.8 Å². The Hall–Kier alpha value is -1.56. The van der Waals surface area contributed by atoms with Gasteiger partial charge in [-0.2, -0.15) is 0 Å². The van der Waals surface area contributed by atoms with Gasteiger partial charge in [0, 0.05) is 9.80 Å². The van der Waals surface area contributed by atoms with E-state index in [4.69, 9.17) is 16.4 Å². The molecular formula is C8H7FN2. The first kappa shape index (κ1) is 4.35. The average molecular weight is 153 g/mol. The molecule has 0 aliphatic rings. The van der Waals surface area contributed by atoms with E-state index in [-0.39, 0.29) is 16.9 Å². The summed E-state index contributed by atoms with van der Waals surface area (Å²) in [7, 11) is 0. The van der Waals surface area contributed by atoms with Gasteiger partial charge < -0.3 is 5.73 Å². The molecule has 0 saturated carbocycles. The average Bonchev–Trinajstić information content (AvgIpc) is 2.02. The molecule has 0 radical (unpaired) electrons. The van der Waals surface area contributed by atoms with E-state index in [0.717, 1.165) is 12.1 Å². The van der Waals surface area contributed by atoms with Crippen LogP contribution in [0.1, 0.15) is 9.68 Å². The molecule has 0 unspecified atom stereocenters. The fourth-order valence-electron chi connectivity index (χ4n) is 0.663. The highest BCUT2D eigenvalue weighted by Gasteiger charge is 2.03. The number of benzene rings is 1. The molecule has 1 rings (SSSR count). The number of halogens is 1. The number of rotatable bonds is 0. The molecule has 0 aliphatic heterocycles. The minimum absolute atomic E-state index is 0.157. The van der Waals surface area contributed by atoms with E-state index in [2.05, 4.69) is 4.85 Å². The Balaban J connectivity index is 3.41. The number of hydrogen-bond acceptors (Lipinski definition) is 1. The Morgan fingerprint density at radius 2 is 2.45 bits per heavy atom. The van der Waals surface area contributed by atoms with Gasteiger partial charge in [-0.15, -0.1) is 0 Å². The fraction of sp³-hybridized carbons (Fsp3) is 0.125. The van der Waals surface area contributed by atoms with Crippen molar-refractivity contribution in [3.63, 3.8) is 0 Å². The van der Waals surface area contributed by atoms with Crippen molar-refractivity contribution in [1.82, 2.24) is 0 Å². The summed E-state index contributed by atoms with van der Waals surface area (Å²) in [6.45, 7) is 4.20. The van der Waals surface area contributed by atoms with Gasteiger partial charge in [0.2, 0.25) is 5.69 Å². The molecular weight excluding hydrogens is 143 g/mol. The Morgan fingerprint density at radius 1 is 1.73 bits per heavy atom. The maximum atomic E-state index is 12.9. The summed E-state index contributed by atoms with van der Waals surface area (Å²) in [4.78, 5) is 2.85. The van der Waals surface area contributed by atoms with Crippen molar-refractivity contribution in [1.29, 1.82) is 0 Å². The molecule has 0 heterocycles. The smallest absolute Gasteiger partial charge is 0.222 e. The van der Waals surface area contributed by atoms with Crippen LogP contribution in [0.15, 0.2) is 12.1 Å². The molecule has 1 aromatic carbocycles. The fourth-order valence-corrected chi connectivity index (χ4v) is 0.663. The van der Waals surface area contributed by atoms with Crippen LogP contribution in [0.25, 0.3) is 4.85 Å². The lowest BCUT2D eigenvalue weighted by Gasteiger charge is -2.00. The first-order valence-corrected chi connectivity index (χ1v) is 2.83. The topological polar surface area (TPSA) is 30.4 Å². The summed E-state index contributed by atoms with van der Waals surface area (Å²) in [5, 5.41) is 0. The maximum absolute atomic E-state index is 12.9. The van der Waals surface area contributed by atoms with Crippen molar-refractivity contribution in [2.45, 2.75) is 6.85 Å².